The van der Waals surface area contributed by atoms with Gasteiger partial charge in [0.1, 0.15) is 23.1 Å². The first-order valence-corrected chi connectivity index (χ1v) is 7.87. The molecule has 2 atom stereocenters. The normalized spacial score (nSPS) is 21.3. The molecule has 122 valence electrons. The molecular formula is C18H16N2O4. The first-order valence-electron chi connectivity index (χ1n) is 7.87. The Hall–Kier alpha value is -2.89. The molecule has 1 N–H and O–H groups in total. The van der Waals surface area contributed by atoms with Gasteiger partial charge in [-0.2, -0.15) is 0 Å². The van der Waals surface area contributed by atoms with Crippen LogP contribution in [0.15, 0.2) is 30.5 Å². The van der Waals surface area contributed by atoms with E-state index in [0.717, 1.165) is 23.2 Å². The van der Waals surface area contributed by atoms with Crippen molar-refractivity contribution in [1.29, 1.82) is 0 Å². The predicted molar refractivity (Wildman–Crippen MR) is 86.6 cm³/mol. The summed E-state index contributed by atoms with van der Waals surface area (Å²) in [4.78, 5) is 26.7. The van der Waals surface area contributed by atoms with Gasteiger partial charge in [0.2, 0.25) is 5.91 Å². The Morgan fingerprint density at radius 2 is 2.21 bits per heavy atom. The number of hydrogen-bond donors (Lipinski definition) is 1. The number of amides is 1. The number of hydrogen-bond acceptors (Lipinski definition) is 5. The summed E-state index contributed by atoms with van der Waals surface area (Å²) in [5.41, 5.74) is 1.86. The lowest BCUT2D eigenvalue weighted by Gasteiger charge is -2.19. The van der Waals surface area contributed by atoms with Crippen LogP contribution in [-0.2, 0) is 16.0 Å². The zero-order valence-corrected chi connectivity index (χ0v) is 13.1. The van der Waals surface area contributed by atoms with E-state index < -0.39 is 6.10 Å². The van der Waals surface area contributed by atoms with Gasteiger partial charge in [-0.25, -0.2) is 4.98 Å². The molecule has 1 aromatic heterocycles. The minimum atomic E-state index is -0.445. The third kappa shape index (κ3) is 2.40. The Kier molecular flexibility index (Phi) is 3.45. The van der Waals surface area contributed by atoms with E-state index in [-0.39, 0.29) is 11.8 Å². The molecule has 0 saturated heterocycles. The van der Waals surface area contributed by atoms with Gasteiger partial charge in [0.05, 0.1) is 0 Å². The topological polar surface area (TPSA) is 77.5 Å². The summed E-state index contributed by atoms with van der Waals surface area (Å²) in [6, 6.07) is 7.32. The van der Waals surface area contributed by atoms with Gasteiger partial charge < -0.3 is 14.8 Å². The molecule has 6 nitrogen and oxygen atoms in total. The van der Waals surface area contributed by atoms with Crippen molar-refractivity contribution in [2.45, 2.75) is 31.8 Å². The molecule has 2 unspecified atom stereocenters. The maximum absolute atomic E-state index is 11.5. The monoisotopic (exact) mass is 324 g/mol. The quantitative estimate of drug-likeness (QED) is 0.879. The highest BCUT2D eigenvalue weighted by atomic mass is 16.5. The van der Waals surface area contributed by atoms with Crippen LogP contribution >= 0.6 is 0 Å². The highest BCUT2D eigenvalue weighted by Gasteiger charge is 2.31. The van der Waals surface area contributed by atoms with E-state index in [4.69, 9.17) is 9.47 Å². The number of aromatic nitrogens is 1. The molecule has 2 aliphatic rings. The van der Waals surface area contributed by atoms with Gasteiger partial charge in [0, 0.05) is 29.7 Å². The van der Waals surface area contributed by atoms with Crippen LogP contribution in [0.4, 0.5) is 5.82 Å². The second kappa shape index (κ2) is 5.63. The molecule has 0 saturated carbocycles. The number of nitrogens with zero attached hydrogens (tertiary/aromatic N) is 1. The van der Waals surface area contributed by atoms with E-state index in [9.17, 15) is 9.59 Å². The lowest BCUT2D eigenvalue weighted by atomic mass is 9.98. The van der Waals surface area contributed by atoms with Crippen molar-refractivity contribution in [2.24, 2.45) is 0 Å². The van der Waals surface area contributed by atoms with Crippen LogP contribution in [0.5, 0.6) is 17.2 Å². The summed E-state index contributed by atoms with van der Waals surface area (Å²) in [5, 5.41) is 2.76. The molecule has 0 spiro atoms. The first kappa shape index (κ1) is 14.7. The van der Waals surface area contributed by atoms with Gasteiger partial charge >= 0.3 is 0 Å². The lowest BCUT2D eigenvalue weighted by Crippen LogP contribution is -2.20. The number of carbonyl (C=O) groups excluding carboxylic acids is 2. The van der Waals surface area contributed by atoms with Gasteiger partial charge in [0.25, 0.3) is 0 Å². The van der Waals surface area contributed by atoms with Gasteiger partial charge in [-0.05, 0) is 30.7 Å². The predicted octanol–water partition coefficient (Wildman–Crippen LogP) is 2.82. The molecule has 2 aliphatic heterocycles. The first-order chi connectivity index (χ1) is 11.7. The fourth-order valence-electron chi connectivity index (χ4n) is 3.10. The minimum Gasteiger partial charge on any atom is -0.482 e. The zero-order valence-electron chi connectivity index (χ0n) is 13.1. The van der Waals surface area contributed by atoms with E-state index in [0.29, 0.717) is 30.2 Å². The van der Waals surface area contributed by atoms with Crippen molar-refractivity contribution < 1.29 is 19.1 Å². The number of carbonyl (C=O) groups is 2. The van der Waals surface area contributed by atoms with Crippen molar-refractivity contribution in [3.63, 3.8) is 0 Å². The third-order valence-electron chi connectivity index (χ3n) is 4.46. The van der Waals surface area contributed by atoms with Gasteiger partial charge in [-0.15, -0.1) is 0 Å². The van der Waals surface area contributed by atoms with E-state index in [1.54, 1.807) is 12.3 Å². The van der Waals surface area contributed by atoms with Crippen molar-refractivity contribution in [1.82, 2.24) is 4.98 Å². The number of rotatable bonds is 3. The van der Waals surface area contributed by atoms with E-state index in [1.165, 1.54) is 0 Å². The number of benzene rings is 1. The molecule has 6 heteroatoms. The summed E-state index contributed by atoms with van der Waals surface area (Å²) < 4.78 is 11.6. The van der Waals surface area contributed by atoms with Crippen LogP contribution in [0, 0.1) is 0 Å². The van der Waals surface area contributed by atoms with Crippen LogP contribution in [0.1, 0.15) is 30.4 Å². The Bertz CT molecular complexity index is 834. The Morgan fingerprint density at radius 1 is 1.33 bits per heavy atom. The number of fused-ring (bicyclic) bond motifs is 2. The number of nitrogens with one attached hydrogen (secondary N) is 1. The second-order valence-corrected chi connectivity index (χ2v) is 5.99. The molecule has 0 fully saturated rings. The summed E-state index contributed by atoms with van der Waals surface area (Å²) in [6.45, 7) is 1.96. The van der Waals surface area contributed by atoms with Crippen LogP contribution in [0.2, 0.25) is 0 Å². The number of aldehydes is 1. The van der Waals surface area contributed by atoms with Gasteiger partial charge in [-0.3, -0.25) is 9.59 Å². The maximum Gasteiger partial charge on any atom is 0.225 e. The smallest absolute Gasteiger partial charge is 0.225 e. The van der Waals surface area contributed by atoms with E-state index in [2.05, 4.69) is 10.3 Å². The van der Waals surface area contributed by atoms with Gasteiger partial charge in [0.15, 0.2) is 12.4 Å². The molecule has 2 aromatic rings. The number of ether oxygens (including phenoxy) is 2. The van der Waals surface area contributed by atoms with Gasteiger partial charge in [-0.1, -0.05) is 6.92 Å². The summed E-state index contributed by atoms with van der Waals surface area (Å²) in [7, 11) is 0. The molecule has 1 amide bonds. The molecule has 0 aliphatic carbocycles. The summed E-state index contributed by atoms with van der Waals surface area (Å²) in [5.74, 6) is 2.58. The molecule has 0 radical (unpaired) electrons. The fourth-order valence-corrected chi connectivity index (χ4v) is 3.10. The Labute approximate surface area is 138 Å². The highest BCUT2D eigenvalue weighted by molar-refractivity contribution is 5.93. The van der Waals surface area contributed by atoms with Crippen molar-refractivity contribution in [3.05, 3.63) is 41.6 Å². The summed E-state index contributed by atoms with van der Waals surface area (Å²) >= 11 is 0. The Morgan fingerprint density at radius 3 is 3.04 bits per heavy atom. The molecule has 0 bridgehead atoms. The standard InChI is InChI=1S/C18H16N2O4/c1-10-13-8-11(2-4-14(13)24-16(10)9-21)23-15-6-7-19-18-12(15)3-5-17(22)20-18/h2,4,6-10,16H,3,5H2,1H3,(H,19,20,22). The average Bonchev–Trinajstić information content (AvgIpc) is 2.91. The average molecular weight is 324 g/mol. The minimum absolute atomic E-state index is 0.00769. The number of anilines is 1. The largest absolute Gasteiger partial charge is 0.482 e. The maximum atomic E-state index is 11.5. The fraction of sp³-hybridized carbons (Fsp3) is 0.278. The van der Waals surface area contributed by atoms with Crippen LogP contribution in [-0.4, -0.2) is 23.3 Å². The molecule has 3 heterocycles. The van der Waals surface area contributed by atoms with E-state index >= 15 is 0 Å². The van der Waals surface area contributed by atoms with Crippen LogP contribution < -0.4 is 14.8 Å². The molecule has 1 aromatic carbocycles. The second-order valence-electron chi connectivity index (χ2n) is 5.99. The number of pyridine rings is 1. The SMILES string of the molecule is CC1c2cc(Oc3ccnc4c3CCC(=O)N4)ccc2OC1C=O. The van der Waals surface area contributed by atoms with Crippen LogP contribution in [0.25, 0.3) is 0 Å². The Balaban J connectivity index is 1.64. The van der Waals surface area contributed by atoms with Crippen molar-refractivity contribution in [2.75, 3.05) is 5.32 Å². The van der Waals surface area contributed by atoms with E-state index in [1.807, 2.05) is 25.1 Å². The molecule has 4 rings (SSSR count). The van der Waals surface area contributed by atoms with Crippen molar-refractivity contribution in [3.8, 4) is 17.2 Å². The van der Waals surface area contributed by atoms with Crippen molar-refractivity contribution >= 4 is 18.0 Å². The highest BCUT2D eigenvalue weighted by Crippen LogP contribution is 2.41. The zero-order chi connectivity index (χ0) is 16.7. The third-order valence-corrected chi connectivity index (χ3v) is 4.46. The molecule has 24 heavy (non-hydrogen) atoms. The van der Waals surface area contributed by atoms with Crippen LogP contribution in [0.3, 0.4) is 0 Å². The lowest BCUT2D eigenvalue weighted by molar-refractivity contribution is -0.116. The summed E-state index contributed by atoms with van der Waals surface area (Å²) in [6.07, 6.45) is 3.01. The molecular weight excluding hydrogens is 308 g/mol.